The molecule has 2 radical (unpaired) electrons. The van der Waals surface area contributed by atoms with Crippen LogP contribution in [0.3, 0.4) is 0 Å². The minimum Gasteiger partial charge on any atom is -0.314 e. The van der Waals surface area contributed by atoms with Gasteiger partial charge in [0.15, 0.2) is 0 Å². The summed E-state index contributed by atoms with van der Waals surface area (Å²) in [6.45, 7) is 10.2. The van der Waals surface area contributed by atoms with E-state index in [1.54, 1.807) is 0 Å². The quantitative estimate of drug-likeness (QED) is 0.582. The van der Waals surface area contributed by atoms with Crippen molar-refractivity contribution < 1.29 is 0 Å². The van der Waals surface area contributed by atoms with Gasteiger partial charge in [0, 0.05) is 6.04 Å². The smallest absolute Gasteiger partial charge is 0.00387 e. The molecular formula is C7H15N. The third kappa shape index (κ3) is 4.13. The Morgan fingerprint density at radius 2 is 2.25 bits per heavy atom. The van der Waals surface area contributed by atoms with E-state index in [-0.39, 0.29) is 0 Å². The highest BCUT2D eigenvalue weighted by molar-refractivity contribution is 4.58. The van der Waals surface area contributed by atoms with Crippen LogP contribution in [0.1, 0.15) is 26.7 Å². The highest BCUT2D eigenvalue weighted by atomic mass is 14.9. The van der Waals surface area contributed by atoms with Gasteiger partial charge in [0.25, 0.3) is 0 Å². The molecule has 0 aromatic rings. The van der Waals surface area contributed by atoms with Gasteiger partial charge in [0.2, 0.25) is 0 Å². The van der Waals surface area contributed by atoms with Gasteiger partial charge in [0.1, 0.15) is 0 Å². The summed E-state index contributed by atoms with van der Waals surface area (Å²) in [5.74, 6) is 0. The summed E-state index contributed by atoms with van der Waals surface area (Å²) in [5, 5.41) is 3.12. The Hall–Kier alpha value is -0.0400. The van der Waals surface area contributed by atoms with E-state index in [1.165, 1.54) is 12.8 Å². The van der Waals surface area contributed by atoms with Crippen LogP contribution in [-0.2, 0) is 0 Å². The molecule has 1 heteroatoms. The lowest BCUT2D eigenvalue weighted by atomic mass is 10.2. The van der Waals surface area contributed by atoms with Crippen molar-refractivity contribution in [3.63, 3.8) is 0 Å². The molecule has 0 amide bonds. The van der Waals surface area contributed by atoms with Crippen molar-refractivity contribution in [2.45, 2.75) is 32.7 Å². The number of nitrogens with one attached hydrogen (secondary N) is 1. The van der Waals surface area contributed by atoms with Gasteiger partial charge in [-0.05, 0) is 26.8 Å². The lowest BCUT2D eigenvalue weighted by molar-refractivity contribution is 0.535. The largest absolute Gasteiger partial charge is 0.314 e. The highest BCUT2D eigenvalue weighted by Gasteiger charge is 1.93. The minimum atomic E-state index is 0.588. The molecule has 0 heterocycles. The third-order valence-electron chi connectivity index (χ3n) is 1.19. The molecule has 0 saturated heterocycles. The monoisotopic (exact) mass is 113 g/mol. The van der Waals surface area contributed by atoms with Crippen molar-refractivity contribution in [1.82, 2.24) is 5.32 Å². The second-order valence-electron chi connectivity index (χ2n) is 2.10. The molecule has 1 unspecified atom stereocenters. The molecule has 0 bridgehead atoms. The first kappa shape index (κ1) is 7.96. The van der Waals surface area contributed by atoms with Gasteiger partial charge in [-0.1, -0.05) is 13.3 Å². The first-order valence-corrected chi connectivity index (χ1v) is 3.24. The van der Waals surface area contributed by atoms with E-state index in [9.17, 15) is 0 Å². The lowest BCUT2D eigenvalue weighted by Gasteiger charge is -2.08. The summed E-state index contributed by atoms with van der Waals surface area (Å²) in [4.78, 5) is 0. The van der Waals surface area contributed by atoms with E-state index in [0.29, 0.717) is 12.6 Å². The molecule has 1 N–H and O–H groups in total. The average Bonchev–Trinajstić information content (AvgIpc) is 1.68. The van der Waals surface area contributed by atoms with E-state index in [4.69, 9.17) is 6.92 Å². The Morgan fingerprint density at radius 3 is 2.62 bits per heavy atom. The minimum absolute atomic E-state index is 0.588. The fourth-order valence-electron chi connectivity index (χ4n) is 0.736. The summed E-state index contributed by atoms with van der Waals surface area (Å²) in [5.41, 5.74) is 0. The summed E-state index contributed by atoms with van der Waals surface area (Å²) >= 11 is 0. The molecular weight excluding hydrogens is 98.1 g/mol. The second kappa shape index (κ2) is 5.10. The van der Waals surface area contributed by atoms with Crippen LogP contribution < -0.4 is 5.32 Å². The van der Waals surface area contributed by atoms with Crippen molar-refractivity contribution >= 4 is 0 Å². The Kier molecular flexibility index (Phi) is 5.08. The van der Waals surface area contributed by atoms with Gasteiger partial charge < -0.3 is 5.32 Å². The van der Waals surface area contributed by atoms with Crippen LogP contribution >= 0.6 is 0 Å². The summed E-state index contributed by atoms with van der Waals surface area (Å²) in [6, 6.07) is 0.588. The Balaban J connectivity index is 2.92. The van der Waals surface area contributed by atoms with Gasteiger partial charge in [0.05, 0.1) is 0 Å². The summed E-state index contributed by atoms with van der Waals surface area (Å²) < 4.78 is 0. The first-order chi connectivity index (χ1) is 3.81. The van der Waals surface area contributed by atoms with Crippen LogP contribution in [0.25, 0.3) is 0 Å². The van der Waals surface area contributed by atoms with Crippen LogP contribution in [0.15, 0.2) is 0 Å². The summed E-state index contributed by atoms with van der Waals surface area (Å²) in [7, 11) is 0. The molecule has 0 fully saturated rings. The van der Waals surface area contributed by atoms with Crippen LogP contribution in [0, 0.1) is 6.92 Å². The van der Waals surface area contributed by atoms with E-state index < -0.39 is 0 Å². The van der Waals surface area contributed by atoms with Crippen molar-refractivity contribution in [1.29, 1.82) is 0 Å². The Bertz CT molecular complexity index is 37.7. The van der Waals surface area contributed by atoms with Gasteiger partial charge in [-0.25, -0.2) is 0 Å². The molecule has 0 saturated carbocycles. The molecule has 0 aromatic carbocycles. The molecule has 8 heavy (non-hydrogen) atoms. The normalized spacial score (nSPS) is 13.9. The molecule has 0 rings (SSSR count). The maximum absolute atomic E-state index is 5.25. The molecule has 0 aliphatic rings. The maximum Gasteiger partial charge on any atom is 0.00387 e. The van der Waals surface area contributed by atoms with Crippen LogP contribution in [0.4, 0.5) is 0 Å². The summed E-state index contributed by atoms with van der Waals surface area (Å²) in [6.07, 6.45) is 2.45. The number of hydrogen-bond donors (Lipinski definition) is 1. The number of rotatable bonds is 4. The standard InChI is InChI=1S/C7H15N/c1-4-6-7(3)8-5-2/h2,7-8H,4-6H2,1,3H3. The fraction of sp³-hybridized carbons (Fsp3) is 0.857. The predicted molar refractivity (Wildman–Crippen MR) is 36.7 cm³/mol. The highest BCUT2D eigenvalue weighted by Crippen LogP contribution is 1.92. The molecule has 0 spiro atoms. The Morgan fingerprint density at radius 1 is 1.62 bits per heavy atom. The second-order valence-corrected chi connectivity index (χ2v) is 2.10. The molecule has 0 aliphatic carbocycles. The van der Waals surface area contributed by atoms with Gasteiger partial charge in [-0.3, -0.25) is 0 Å². The predicted octanol–water partition coefficient (Wildman–Crippen LogP) is 1.48. The Labute approximate surface area is 52.5 Å². The topological polar surface area (TPSA) is 12.0 Å². The van der Waals surface area contributed by atoms with Crippen molar-refractivity contribution in [2.75, 3.05) is 6.54 Å². The molecule has 0 aliphatic heterocycles. The van der Waals surface area contributed by atoms with E-state index >= 15 is 0 Å². The van der Waals surface area contributed by atoms with Crippen LogP contribution in [0.2, 0.25) is 0 Å². The van der Waals surface area contributed by atoms with Crippen LogP contribution in [0.5, 0.6) is 0 Å². The molecule has 1 nitrogen and oxygen atoms in total. The molecule has 1 atom stereocenters. The molecule has 48 valence electrons. The zero-order valence-electron chi connectivity index (χ0n) is 5.78. The van der Waals surface area contributed by atoms with Crippen LogP contribution in [-0.4, -0.2) is 12.6 Å². The van der Waals surface area contributed by atoms with E-state index in [0.717, 1.165) is 0 Å². The van der Waals surface area contributed by atoms with E-state index in [1.807, 2.05) is 0 Å². The number of hydrogen-bond acceptors (Lipinski definition) is 1. The zero-order chi connectivity index (χ0) is 6.41. The van der Waals surface area contributed by atoms with Gasteiger partial charge >= 0.3 is 0 Å². The third-order valence-corrected chi connectivity index (χ3v) is 1.19. The van der Waals surface area contributed by atoms with Gasteiger partial charge in [-0.15, -0.1) is 0 Å². The fourth-order valence-corrected chi connectivity index (χ4v) is 0.736. The van der Waals surface area contributed by atoms with Crippen molar-refractivity contribution in [3.8, 4) is 0 Å². The SMILES string of the molecule is [CH]CNC(C)CCC. The first-order valence-electron chi connectivity index (χ1n) is 3.24. The zero-order valence-corrected chi connectivity index (χ0v) is 5.78. The van der Waals surface area contributed by atoms with Crippen molar-refractivity contribution in [3.05, 3.63) is 6.92 Å². The lowest BCUT2D eigenvalue weighted by Crippen LogP contribution is -2.24. The maximum atomic E-state index is 5.25. The van der Waals surface area contributed by atoms with Gasteiger partial charge in [-0.2, -0.15) is 0 Å². The average molecular weight is 113 g/mol. The molecule has 0 aromatic heterocycles. The van der Waals surface area contributed by atoms with E-state index in [2.05, 4.69) is 19.2 Å². The van der Waals surface area contributed by atoms with Crippen molar-refractivity contribution in [2.24, 2.45) is 0 Å².